The summed E-state index contributed by atoms with van der Waals surface area (Å²) in [6.07, 6.45) is 4.25. The largest absolute Gasteiger partial charge is 0.506 e. The third-order valence-electron chi connectivity index (χ3n) is 5.14. The van der Waals surface area contributed by atoms with Crippen LogP contribution < -0.4 is 5.32 Å². The number of fused-ring (bicyclic) bond motifs is 3. The zero-order valence-corrected chi connectivity index (χ0v) is 17.8. The summed E-state index contributed by atoms with van der Waals surface area (Å²) < 4.78 is 11.9. The Morgan fingerprint density at radius 2 is 2.00 bits per heavy atom. The van der Waals surface area contributed by atoms with Crippen molar-refractivity contribution in [3.8, 4) is 5.75 Å². The number of ether oxygens (including phenoxy) is 1. The first kappa shape index (κ1) is 19.1. The van der Waals surface area contributed by atoms with Crippen molar-refractivity contribution < 1.29 is 19.1 Å². The highest BCUT2D eigenvalue weighted by Gasteiger charge is 2.23. The predicted molar refractivity (Wildman–Crippen MR) is 117 cm³/mol. The molecule has 6 heteroatoms. The van der Waals surface area contributed by atoms with Crippen LogP contribution in [0.1, 0.15) is 47.0 Å². The van der Waals surface area contributed by atoms with E-state index in [1.54, 1.807) is 19.1 Å². The van der Waals surface area contributed by atoms with Gasteiger partial charge in [0, 0.05) is 35.2 Å². The fourth-order valence-electron chi connectivity index (χ4n) is 3.77. The molecule has 0 spiro atoms. The van der Waals surface area contributed by atoms with E-state index >= 15 is 0 Å². The number of anilines is 1. The van der Waals surface area contributed by atoms with E-state index in [4.69, 9.17) is 9.15 Å². The third-order valence-corrected chi connectivity index (χ3v) is 5.96. The second kappa shape index (κ2) is 8.03. The normalized spacial score (nSPS) is 13.4. The standard InChI is InChI=1S/C22H22INO4/c1-2-27-22(26)13-7-9-14(10-8-13)24-12-16-20-15-5-3-4-6-18(15)28-19(20)11-17(23)21(16)25/h7-11,24-25H,2-6,12H2,1H3. The molecule has 28 heavy (non-hydrogen) atoms. The van der Waals surface area contributed by atoms with E-state index in [-0.39, 0.29) is 5.97 Å². The van der Waals surface area contributed by atoms with Crippen molar-refractivity contribution in [1.82, 2.24) is 0 Å². The van der Waals surface area contributed by atoms with Gasteiger partial charge in [0.25, 0.3) is 0 Å². The third kappa shape index (κ3) is 3.57. The van der Waals surface area contributed by atoms with Gasteiger partial charge >= 0.3 is 5.97 Å². The molecular weight excluding hydrogens is 469 g/mol. The van der Waals surface area contributed by atoms with Gasteiger partial charge in [-0.05, 0) is 79.1 Å². The number of carbonyl (C=O) groups is 1. The minimum absolute atomic E-state index is 0.304. The molecule has 0 saturated carbocycles. The SMILES string of the molecule is CCOC(=O)c1ccc(NCc2c(O)c(I)cc3oc4c(c23)CCCC4)cc1. The number of aromatic hydroxyl groups is 1. The number of phenols is 1. The minimum Gasteiger partial charge on any atom is -0.506 e. The van der Waals surface area contributed by atoms with Crippen molar-refractivity contribution >= 4 is 45.2 Å². The monoisotopic (exact) mass is 491 g/mol. The van der Waals surface area contributed by atoms with Gasteiger partial charge in [0.05, 0.1) is 15.7 Å². The van der Waals surface area contributed by atoms with Crippen LogP contribution in [0.2, 0.25) is 0 Å². The molecule has 0 saturated heterocycles. The van der Waals surface area contributed by atoms with Gasteiger partial charge in [-0.3, -0.25) is 0 Å². The molecule has 0 atom stereocenters. The maximum atomic E-state index is 11.8. The first-order valence-corrected chi connectivity index (χ1v) is 10.6. The maximum Gasteiger partial charge on any atom is 0.338 e. The lowest BCUT2D eigenvalue weighted by molar-refractivity contribution is 0.0526. The summed E-state index contributed by atoms with van der Waals surface area (Å²) >= 11 is 2.14. The Hall–Kier alpha value is -2.22. The average Bonchev–Trinajstić information content (AvgIpc) is 3.07. The molecule has 0 amide bonds. The Balaban J connectivity index is 1.62. The number of hydrogen-bond acceptors (Lipinski definition) is 5. The highest BCUT2D eigenvalue weighted by molar-refractivity contribution is 14.1. The van der Waals surface area contributed by atoms with Gasteiger partial charge in [-0.15, -0.1) is 0 Å². The Morgan fingerprint density at radius 1 is 1.25 bits per heavy atom. The summed E-state index contributed by atoms with van der Waals surface area (Å²) in [6.45, 7) is 2.62. The number of hydrogen-bond donors (Lipinski definition) is 2. The van der Waals surface area contributed by atoms with Crippen LogP contribution in [0, 0.1) is 3.57 Å². The van der Waals surface area contributed by atoms with Gasteiger partial charge in [0.2, 0.25) is 0 Å². The van der Waals surface area contributed by atoms with Crippen LogP contribution in [0.5, 0.6) is 5.75 Å². The molecule has 146 valence electrons. The van der Waals surface area contributed by atoms with E-state index in [0.29, 0.717) is 24.5 Å². The minimum atomic E-state index is -0.323. The Bertz CT molecular complexity index is 1020. The molecule has 0 radical (unpaired) electrons. The van der Waals surface area contributed by atoms with Crippen molar-refractivity contribution in [1.29, 1.82) is 0 Å². The van der Waals surface area contributed by atoms with Crippen molar-refractivity contribution in [3.05, 3.63) is 56.4 Å². The van der Waals surface area contributed by atoms with Crippen LogP contribution in [0.25, 0.3) is 11.0 Å². The van der Waals surface area contributed by atoms with Gasteiger partial charge in [-0.1, -0.05) is 0 Å². The number of carbonyl (C=O) groups excluding carboxylic acids is 1. The highest BCUT2D eigenvalue weighted by atomic mass is 127. The van der Waals surface area contributed by atoms with Crippen LogP contribution >= 0.6 is 22.6 Å². The molecule has 1 aliphatic rings. The molecular formula is C22H22INO4. The molecule has 1 aliphatic carbocycles. The Morgan fingerprint density at radius 3 is 2.75 bits per heavy atom. The highest BCUT2D eigenvalue weighted by Crippen LogP contribution is 2.40. The predicted octanol–water partition coefficient (Wildman–Crippen LogP) is 5.41. The fraction of sp³-hybridized carbons (Fsp3) is 0.318. The van der Waals surface area contributed by atoms with Gasteiger partial charge < -0.3 is 19.6 Å². The van der Waals surface area contributed by atoms with Crippen LogP contribution in [-0.4, -0.2) is 17.7 Å². The molecule has 0 fully saturated rings. The maximum absolute atomic E-state index is 11.8. The molecule has 2 aromatic carbocycles. The van der Waals surface area contributed by atoms with Crippen molar-refractivity contribution in [3.63, 3.8) is 0 Å². The second-order valence-corrected chi connectivity index (χ2v) is 8.08. The summed E-state index contributed by atoms with van der Waals surface area (Å²) in [5.41, 5.74) is 4.35. The molecule has 0 bridgehead atoms. The molecule has 3 aromatic rings. The first-order valence-electron chi connectivity index (χ1n) is 9.54. The van der Waals surface area contributed by atoms with Gasteiger partial charge in [-0.2, -0.15) is 0 Å². The van der Waals surface area contributed by atoms with Crippen LogP contribution in [0.4, 0.5) is 5.69 Å². The van der Waals surface area contributed by atoms with Crippen molar-refractivity contribution in [2.75, 3.05) is 11.9 Å². The number of furan rings is 1. The number of nitrogens with one attached hydrogen (secondary N) is 1. The quantitative estimate of drug-likeness (QED) is 0.369. The second-order valence-electron chi connectivity index (χ2n) is 6.92. The van der Waals surface area contributed by atoms with E-state index in [1.807, 2.05) is 18.2 Å². The van der Waals surface area contributed by atoms with E-state index in [9.17, 15) is 9.90 Å². The number of rotatable bonds is 5. The summed E-state index contributed by atoms with van der Waals surface area (Å²) in [4.78, 5) is 11.8. The number of phenolic OH excluding ortho intramolecular Hbond substituents is 1. The first-order chi connectivity index (χ1) is 13.6. The van der Waals surface area contributed by atoms with E-state index in [2.05, 4.69) is 27.9 Å². The number of esters is 1. The van der Waals surface area contributed by atoms with Gasteiger partial charge in [0.1, 0.15) is 17.1 Å². The van der Waals surface area contributed by atoms with Crippen LogP contribution in [-0.2, 0) is 24.1 Å². The molecule has 1 aromatic heterocycles. The van der Waals surface area contributed by atoms with Crippen molar-refractivity contribution in [2.45, 2.75) is 39.2 Å². The smallest absolute Gasteiger partial charge is 0.338 e. The van der Waals surface area contributed by atoms with Gasteiger partial charge in [0.15, 0.2) is 0 Å². The fourth-order valence-corrected chi connectivity index (χ4v) is 4.38. The molecule has 2 N–H and O–H groups in total. The molecule has 1 heterocycles. The lowest BCUT2D eigenvalue weighted by atomic mass is 9.93. The molecule has 0 unspecified atom stereocenters. The van der Waals surface area contributed by atoms with E-state index in [1.165, 1.54) is 5.56 Å². The zero-order valence-electron chi connectivity index (χ0n) is 15.7. The van der Waals surface area contributed by atoms with Crippen molar-refractivity contribution in [2.24, 2.45) is 0 Å². The summed E-state index contributed by atoms with van der Waals surface area (Å²) in [5.74, 6) is 1.04. The number of aryl methyl sites for hydroxylation is 2. The Kier molecular flexibility index (Phi) is 5.48. The molecule has 4 rings (SSSR count). The van der Waals surface area contributed by atoms with E-state index in [0.717, 1.165) is 57.2 Å². The summed E-state index contributed by atoms with van der Waals surface area (Å²) in [7, 11) is 0. The average molecular weight is 491 g/mol. The van der Waals surface area contributed by atoms with E-state index < -0.39 is 0 Å². The topological polar surface area (TPSA) is 71.7 Å². The molecule has 0 aliphatic heterocycles. The lowest BCUT2D eigenvalue weighted by Gasteiger charge is -2.14. The summed E-state index contributed by atoms with van der Waals surface area (Å²) in [5, 5.41) is 15.1. The van der Waals surface area contributed by atoms with Crippen LogP contribution in [0.3, 0.4) is 0 Å². The lowest BCUT2D eigenvalue weighted by Crippen LogP contribution is -2.06. The zero-order chi connectivity index (χ0) is 19.7. The summed E-state index contributed by atoms with van der Waals surface area (Å²) in [6, 6.07) is 9.09. The molecule has 5 nitrogen and oxygen atoms in total. The number of benzene rings is 2. The van der Waals surface area contributed by atoms with Crippen LogP contribution in [0.15, 0.2) is 34.7 Å². The Labute approximate surface area is 177 Å². The van der Waals surface area contributed by atoms with Gasteiger partial charge in [-0.25, -0.2) is 4.79 Å². The number of halogens is 1.